The molecule has 22 heteroatoms. The Morgan fingerprint density at radius 2 is 1.17 bits per heavy atom. The van der Waals surface area contributed by atoms with Crippen LogP contribution in [0.5, 0.6) is 0 Å². The third-order valence-corrected chi connectivity index (χ3v) is 4.77. The van der Waals surface area contributed by atoms with Gasteiger partial charge in [0.15, 0.2) is 18.3 Å². The summed E-state index contributed by atoms with van der Waals surface area (Å²) < 4.78 is 30.7. The molecule has 0 fully saturated rings. The summed E-state index contributed by atoms with van der Waals surface area (Å²) in [6.45, 7) is 11.2. The molecule has 266 valence electrons. The van der Waals surface area contributed by atoms with Crippen molar-refractivity contribution in [2.45, 2.75) is 92.4 Å². The number of amides is 1. The fourth-order valence-electron chi connectivity index (χ4n) is 2.75. The summed E-state index contributed by atoms with van der Waals surface area (Å²) in [6.07, 6.45) is -7.48. The van der Waals surface area contributed by atoms with Gasteiger partial charge in [-0.2, -0.15) is 0 Å². The number of hydrogen-bond donors (Lipinski definition) is 0. The molecule has 0 aromatic rings. The van der Waals surface area contributed by atoms with E-state index in [1.807, 2.05) is 0 Å². The van der Waals surface area contributed by atoms with Gasteiger partial charge in [-0.05, 0) is 11.8 Å². The molecule has 0 heterocycles. The minimum absolute atomic E-state index is 0.0681. The first-order valence-electron chi connectivity index (χ1n) is 12.9. The molecule has 46 heavy (non-hydrogen) atoms. The second kappa shape index (κ2) is 18.9. The molecule has 0 bridgehead atoms. The summed E-state index contributed by atoms with van der Waals surface area (Å²) in [4.78, 5) is 75.2. The normalized spacial score (nSPS) is 16.5. The van der Waals surface area contributed by atoms with Crippen LogP contribution in [0.1, 0.15) is 62.3 Å². The zero-order valence-corrected chi connectivity index (χ0v) is 33.3. The summed E-state index contributed by atoms with van der Waals surface area (Å²) >= 11 is 0. The number of esters is 5. The van der Waals surface area contributed by atoms with Crippen molar-refractivity contribution in [1.82, 2.24) is 0 Å². The molecule has 0 aromatic carbocycles. The molecular formula is C24H36Cl6N3O12Sb. The second-order valence-corrected chi connectivity index (χ2v) is 66.4. The molecule has 15 nitrogen and oxygen atoms in total. The molecule has 0 radical (unpaired) electrons. The van der Waals surface area contributed by atoms with E-state index in [-0.39, 0.29) is 6.61 Å². The van der Waals surface area contributed by atoms with Gasteiger partial charge in [-0.1, -0.05) is 24.1 Å². The van der Waals surface area contributed by atoms with Crippen molar-refractivity contribution in [3.8, 4) is 6.07 Å². The molecule has 0 aliphatic heterocycles. The number of nitrogens with zero attached hydrogens (tertiary/aromatic N) is 3. The molecule has 0 N–H and O–H groups in total. The fraction of sp³-hybridized carbons (Fsp3) is 0.708. The molecular weight excluding hydrogens is 857 g/mol. The van der Waals surface area contributed by atoms with Gasteiger partial charge in [0.05, 0.1) is 12.5 Å². The number of ether oxygens (including phenoxy) is 6. The SMILES string of the molecule is CCOC(=O)/N=N/[C@](C)([N+]#C[C@@H](OC(C)=O)[C@H](OC(C)=O)[C@H](OC(C)=O)[C@@H](COC(C)=O)OC(C)=O)C(C)C.[Cl][Sb-]([Cl])([Cl])([Cl])([Cl])[Cl]. The Bertz CT molecular complexity index is 1210. The van der Waals surface area contributed by atoms with Crippen LogP contribution in [0.2, 0.25) is 0 Å². The third kappa shape index (κ3) is 26.5. The van der Waals surface area contributed by atoms with Gasteiger partial charge in [0.1, 0.15) is 6.61 Å². The molecule has 0 saturated heterocycles. The van der Waals surface area contributed by atoms with Crippen molar-refractivity contribution in [3.63, 3.8) is 0 Å². The number of rotatable bonds is 12. The Morgan fingerprint density at radius 1 is 0.739 bits per heavy atom. The van der Waals surface area contributed by atoms with Crippen LogP contribution < -0.4 is 0 Å². The van der Waals surface area contributed by atoms with Crippen LogP contribution in [0.4, 0.5) is 4.79 Å². The summed E-state index contributed by atoms with van der Waals surface area (Å²) in [5.74, 6) is -4.66. The number of azo groups is 1. The monoisotopic (exact) mass is 889 g/mol. The molecule has 1 amide bonds. The molecule has 5 atom stereocenters. The van der Waals surface area contributed by atoms with Gasteiger partial charge in [-0.3, -0.25) is 24.0 Å². The number of hydrogen-bond acceptors (Lipinski definition) is 13. The molecule has 0 spiro atoms. The van der Waals surface area contributed by atoms with E-state index in [1.165, 1.54) is 6.92 Å². The van der Waals surface area contributed by atoms with Gasteiger partial charge in [-0.15, -0.1) is 0 Å². The van der Waals surface area contributed by atoms with Crippen LogP contribution in [-0.4, -0.2) is 88.4 Å². The molecule has 0 unspecified atom stereocenters. The van der Waals surface area contributed by atoms with E-state index in [9.17, 15) is 28.8 Å². The first kappa shape index (κ1) is 46.6. The first-order valence-corrected chi connectivity index (χ1v) is 32.3. The second-order valence-electron chi connectivity index (χ2n) is 9.48. The quantitative estimate of drug-likeness (QED) is 0.0917. The molecule has 0 saturated carbocycles. The molecule has 0 aromatic heterocycles. The van der Waals surface area contributed by atoms with E-state index < -0.39 is 87.7 Å². The maximum absolute atomic E-state index is 12.1. The van der Waals surface area contributed by atoms with Crippen molar-refractivity contribution in [3.05, 3.63) is 4.85 Å². The van der Waals surface area contributed by atoms with Crippen molar-refractivity contribution in [1.29, 1.82) is 0 Å². The Labute approximate surface area is 286 Å². The van der Waals surface area contributed by atoms with E-state index in [4.69, 9.17) is 81.4 Å². The fourth-order valence-corrected chi connectivity index (χ4v) is 2.75. The van der Waals surface area contributed by atoms with Crippen molar-refractivity contribution in [2.24, 2.45) is 16.1 Å². The predicted molar refractivity (Wildman–Crippen MR) is 172 cm³/mol. The van der Waals surface area contributed by atoms with E-state index in [2.05, 4.69) is 21.1 Å². The van der Waals surface area contributed by atoms with Crippen molar-refractivity contribution < 1.29 is 57.2 Å². The van der Waals surface area contributed by atoms with Gasteiger partial charge in [-0.25, -0.2) is 4.79 Å². The standard InChI is InChI=1S/C24H36N3O12.6ClH.Sb/c1-10-34-23(33)26-27-24(9,13(2)3)25-11-19(36-15(5)29)21(38-17(7)31)22(39-18(8)32)20(37-16(6)30)12-35-14(4)28;;;;;;;/h13,19-22H,10,12H2,1-9H3;6*1H;/q+1;;;;;;;+5/p-6/b27-26+;;;;;;;/t19-,20-,21+,22-,24+;;;;;;;/m1......./s1. The first-order chi connectivity index (χ1) is 20.5. The average molecular weight is 893 g/mol. The van der Waals surface area contributed by atoms with Gasteiger partial charge in [0.25, 0.3) is 6.10 Å². The maximum atomic E-state index is 12.1. The van der Waals surface area contributed by atoms with Gasteiger partial charge in [0.2, 0.25) is 0 Å². The van der Waals surface area contributed by atoms with E-state index in [0.29, 0.717) is 0 Å². The van der Waals surface area contributed by atoms with E-state index in [1.54, 1.807) is 20.8 Å². The summed E-state index contributed by atoms with van der Waals surface area (Å²) in [7, 11) is 25.0. The van der Waals surface area contributed by atoms with Gasteiger partial charge < -0.3 is 28.4 Å². The van der Waals surface area contributed by atoms with Crippen LogP contribution >= 0.6 is 53.0 Å². The molecule has 0 aliphatic carbocycles. The summed E-state index contributed by atoms with van der Waals surface area (Å²) in [5.41, 5.74) is -1.45. The Kier molecular flexibility index (Phi) is 19.1. The predicted octanol–water partition coefficient (Wildman–Crippen LogP) is 6.35. The third-order valence-electron chi connectivity index (χ3n) is 4.77. The van der Waals surface area contributed by atoms with Gasteiger partial charge >= 0.3 is 110 Å². The Balaban J connectivity index is 0. The van der Waals surface area contributed by atoms with Crippen LogP contribution in [0.25, 0.3) is 4.85 Å². The van der Waals surface area contributed by atoms with Crippen LogP contribution in [0, 0.1) is 12.0 Å². The van der Waals surface area contributed by atoms with E-state index in [0.717, 1.165) is 34.6 Å². The minimum atomic E-state index is -5.42. The zero-order chi connectivity index (χ0) is 36.7. The average Bonchev–Trinajstić information content (AvgIpc) is 2.82. The van der Waals surface area contributed by atoms with Crippen molar-refractivity contribution >= 4 is 98.1 Å². The number of carbonyl (C=O) groups is 6. The topological polar surface area (TPSA) is 187 Å². The molecule has 0 rings (SSSR count). The number of halogens is 6. The van der Waals surface area contributed by atoms with Crippen LogP contribution in [0.3, 0.4) is 0 Å². The van der Waals surface area contributed by atoms with E-state index >= 15 is 0 Å². The van der Waals surface area contributed by atoms with Crippen LogP contribution in [-0.2, 0) is 52.4 Å². The summed E-state index contributed by atoms with van der Waals surface area (Å²) in [6, 6.07) is 2.52. The van der Waals surface area contributed by atoms with Crippen molar-refractivity contribution in [2.75, 3.05) is 13.2 Å². The Hall–Kier alpha value is -1.53. The van der Waals surface area contributed by atoms with Crippen LogP contribution in [0.15, 0.2) is 10.2 Å². The number of carbonyl (C=O) groups excluding carboxylic acids is 6. The van der Waals surface area contributed by atoms with Gasteiger partial charge in [0, 0.05) is 41.5 Å². The molecule has 0 aliphatic rings. The Morgan fingerprint density at radius 3 is 1.54 bits per heavy atom. The zero-order valence-electron chi connectivity index (χ0n) is 26.3. The summed E-state index contributed by atoms with van der Waals surface area (Å²) in [5, 5.41) is 7.40.